The van der Waals surface area contributed by atoms with E-state index in [2.05, 4.69) is 20.9 Å². The third kappa shape index (κ3) is 5.54. The second-order valence-corrected chi connectivity index (χ2v) is 12.8. The predicted octanol–water partition coefficient (Wildman–Crippen LogP) is 3.47. The summed E-state index contributed by atoms with van der Waals surface area (Å²) in [5, 5.41) is 17.9. The Balaban J connectivity index is 1.23. The lowest BCUT2D eigenvalue weighted by Gasteiger charge is -2.31. The summed E-state index contributed by atoms with van der Waals surface area (Å²) < 4.78 is 52.5. The van der Waals surface area contributed by atoms with E-state index >= 15 is 0 Å². The van der Waals surface area contributed by atoms with E-state index in [1.807, 2.05) is 0 Å². The number of piperidine rings is 1. The third-order valence-corrected chi connectivity index (χ3v) is 10.1. The van der Waals surface area contributed by atoms with Gasteiger partial charge in [0, 0.05) is 38.0 Å². The van der Waals surface area contributed by atoms with Crippen molar-refractivity contribution in [1.29, 1.82) is 0 Å². The zero-order chi connectivity index (χ0) is 30.6. The number of carbonyl (C=O) groups is 2. The van der Waals surface area contributed by atoms with Crippen LogP contribution in [0.3, 0.4) is 0 Å². The van der Waals surface area contributed by atoms with Gasteiger partial charge in [-0.3, -0.25) is 9.59 Å². The molecule has 2 aliphatic heterocycles. The molecular formula is C29H35F3N8O4. The Hall–Kier alpha value is -3.62. The van der Waals surface area contributed by atoms with Crippen molar-refractivity contribution < 1.29 is 32.1 Å². The summed E-state index contributed by atoms with van der Waals surface area (Å²) in [5.41, 5.74) is 2.23. The van der Waals surface area contributed by atoms with Crippen molar-refractivity contribution in [3.05, 3.63) is 34.7 Å². The van der Waals surface area contributed by atoms with Crippen LogP contribution in [0.5, 0.6) is 0 Å². The minimum atomic E-state index is -4.40. The Morgan fingerprint density at radius 1 is 1.11 bits per heavy atom. The summed E-state index contributed by atoms with van der Waals surface area (Å²) in [4.78, 5) is 35.7. The fraction of sp³-hybridized carbons (Fsp3) is 0.690. The average Bonchev–Trinajstić information content (AvgIpc) is 3.69. The molecule has 2 saturated heterocycles. The number of nitrogens with one attached hydrogen (secondary N) is 2. The molecule has 0 aromatic carbocycles. The van der Waals surface area contributed by atoms with Crippen LogP contribution in [-0.2, 0) is 16.0 Å². The van der Waals surface area contributed by atoms with Crippen LogP contribution in [0.25, 0.3) is 5.78 Å². The standard InChI is InChI=1S/C29H35F3N8O4/c1-14-23(39-44-38-14)27(42)35-25(18-8-16-2-3-17(16)9-18)22-13-40-28(34-22)36-24(15-4-6-43-7-5-15)21(37-40)11-19-10-20(29(30,31)32)12-33-26(19)41/h13,15-20,25H,2-12H2,1H3,(H,33,41)(H,35,42)/t16-,17+,18?,19-,20-,25+/m1/s1. The molecule has 3 aromatic heterocycles. The van der Waals surface area contributed by atoms with Crippen LogP contribution in [0.1, 0.15) is 90.2 Å². The van der Waals surface area contributed by atoms with Crippen molar-refractivity contribution >= 4 is 17.6 Å². The first kappa shape index (κ1) is 29.1. The molecule has 5 heterocycles. The lowest BCUT2D eigenvalue weighted by atomic mass is 9.77. The Kier molecular flexibility index (Phi) is 7.53. The van der Waals surface area contributed by atoms with Crippen LogP contribution >= 0.6 is 0 Å². The summed E-state index contributed by atoms with van der Waals surface area (Å²) in [5.74, 6) is -1.57. The minimum Gasteiger partial charge on any atom is -0.381 e. The van der Waals surface area contributed by atoms with Crippen molar-refractivity contribution in [2.75, 3.05) is 19.8 Å². The number of aryl methyl sites for hydroxylation is 1. The zero-order valence-electron chi connectivity index (χ0n) is 24.3. The fourth-order valence-corrected chi connectivity index (χ4v) is 7.52. The summed E-state index contributed by atoms with van der Waals surface area (Å²) >= 11 is 0. The van der Waals surface area contributed by atoms with Gasteiger partial charge in [-0.15, -0.1) is 0 Å². The number of fused-ring (bicyclic) bond motifs is 2. The van der Waals surface area contributed by atoms with Crippen LogP contribution < -0.4 is 10.6 Å². The number of rotatable bonds is 7. The first-order chi connectivity index (χ1) is 21.1. The first-order valence-electron chi connectivity index (χ1n) is 15.4. The number of amides is 2. The van der Waals surface area contributed by atoms with Gasteiger partial charge in [0.15, 0.2) is 5.69 Å². The molecule has 0 bridgehead atoms. The molecule has 6 atom stereocenters. The number of ether oxygens (including phenoxy) is 1. The van der Waals surface area contributed by atoms with Crippen molar-refractivity contribution in [3.63, 3.8) is 0 Å². The summed E-state index contributed by atoms with van der Waals surface area (Å²) in [6.45, 7) is 2.30. The highest BCUT2D eigenvalue weighted by molar-refractivity contribution is 5.93. The van der Waals surface area contributed by atoms with E-state index in [-0.39, 0.29) is 30.4 Å². The monoisotopic (exact) mass is 616 g/mol. The van der Waals surface area contributed by atoms with E-state index in [1.165, 1.54) is 17.4 Å². The van der Waals surface area contributed by atoms with Gasteiger partial charge in [-0.1, -0.05) is 5.16 Å². The molecule has 2 amide bonds. The molecule has 2 saturated carbocycles. The number of imidazole rings is 1. The first-order valence-corrected chi connectivity index (χ1v) is 15.4. The lowest BCUT2D eigenvalue weighted by molar-refractivity contribution is -0.183. The minimum absolute atomic E-state index is 0.0231. The maximum atomic E-state index is 13.6. The molecule has 15 heteroatoms. The van der Waals surface area contributed by atoms with E-state index < -0.39 is 42.4 Å². The highest BCUT2D eigenvalue weighted by atomic mass is 19.4. The molecule has 4 aliphatic rings. The van der Waals surface area contributed by atoms with Gasteiger partial charge in [-0.2, -0.15) is 18.3 Å². The maximum Gasteiger partial charge on any atom is 0.393 e. The predicted molar refractivity (Wildman–Crippen MR) is 146 cm³/mol. The maximum absolute atomic E-state index is 13.6. The van der Waals surface area contributed by atoms with Gasteiger partial charge in [0.1, 0.15) is 5.69 Å². The molecule has 236 valence electrons. The van der Waals surface area contributed by atoms with Crippen molar-refractivity contribution in [3.8, 4) is 0 Å². The molecule has 44 heavy (non-hydrogen) atoms. The lowest BCUT2D eigenvalue weighted by Crippen LogP contribution is -2.47. The van der Waals surface area contributed by atoms with E-state index in [1.54, 1.807) is 13.1 Å². The Labute approximate surface area is 250 Å². The van der Waals surface area contributed by atoms with Crippen LogP contribution in [0.2, 0.25) is 0 Å². The highest BCUT2D eigenvalue weighted by Crippen LogP contribution is 2.52. The summed E-state index contributed by atoms with van der Waals surface area (Å²) in [7, 11) is 0. The molecular weight excluding hydrogens is 581 g/mol. The molecule has 12 nitrogen and oxygen atoms in total. The van der Waals surface area contributed by atoms with Crippen molar-refractivity contribution in [2.24, 2.45) is 29.6 Å². The Morgan fingerprint density at radius 2 is 1.86 bits per heavy atom. The Morgan fingerprint density at radius 3 is 2.52 bits per heavy atom. The van der Waals surface area contributed by atoms with Crippen LogP contribution in [0.4, 0.5) is 13.2 Å². The SMILES string of the molecule is Cc1nonc1C(=O)N[C@H](c1cn2nc(C[C@H]3C[C@@H](C(F)(F)F)CNC3=O)c(C3CCOCC3)nc2n1)C1C[C@H]2CC[C@H]2C1. The van der Waals surface area contributed by atoms with Crippen LogP contribution in [0, 0.1) is 36.5 Å². The quantitative estimate of drug-likeness (QED) is 0.407. The highest BCUT2D eigenvalue weighted by Gasteiger charge is 2.46. The normalized spacial score (nSPS) is 28.4. The molecule has 2 N–H and O–H groups in total. The smallest absolute Gasteiger partial charge is 0.381 e. The third-order valence-electron chi connectivity index (χ3n) is 10.1. The fourth-order valence-electron chi connectivity index (χ4n) is 7.52. The molecule has 7 rings (SSSR count). The van der Waals surface area contributed by atoms with Gasteiger partial charge in [-0.25, -0.2) is 19.1 Å². The van der Waals surface area contributed by atoms with Gasteiger partial charge in [0.25, 0.3) is 11.7 Å². The number of aromatic nitrogens is 6. The van der Waals surface area contributed by atoms with E-state index in [0.717, 1.165) is 12.8 Å². The molecule has 3 aromatic rings. The number of carbonyl (C=O) groups excluding carboxylic acids is 2. The van der Waals surface area contributed by atoms with Crippen molar-refractivity contribution in [2.45, 2.75) is 76.4 Å². The summed E-state index contributed by atoms with van der Waals surface area (Å²) in [6, 6.07) is -0.431. The second kappa shape index (κ2) is 11.4. The molecule has 1 unspecified atom stereocenters. The second-order valence-electron chi connectivity index (χ2n) is 12.8. The van der Waals surface area contributed by atoms with Gasteiger partial charge < -0.3 is 15.4 Å². The van der Waals surface area contributed by atoms with E-state index in [4.69, 9.17) is 24.4 Å². The Bertz CT molecular complexity index is 1540. The van der Waals surface area contributed by atoms with Crippen LogP contribution in [-0.4, -0.2) is 67.6 Å². The molecule has 0 spiro atoms. The topological polar surface area (TPSA) is 149 Å². The van der Waals surface area contributed by atoms with E-state index in [9.17, 15) is 22.8 Å². The zero-order valence-corrected chi connectivity index (χ0v) is 24.3. The number of hydrogen-bond acceptors (Lipinski definition) is 9. The van der Waals surface area contributed by atoms with E-state index in [0.29, 0.717) is 66.4 Å². The molecule has 0 radical (unpaired) electrons. The molecule has 4 fully saturated rings. The summed E-state index contributed by atoms with van der Waals surface area (Å²) in [6.07, 6.45) is 2.74. The van der Waals surface area contributed by atoms with Crippen molar-refractivity contribution in [1.82, 2.24) is 40.5 Å². The van der Waals surface area contributed by atoms with Gasteiger partial charge in [0.05, 0.1) is 35.2 Å². The number of hydrogen-bond donors (Lipinski definition) is 2. The number of halogens is 3. The molecule has 2 aliphatic carbocycles. The van der Waals surface area contributed by atoms with Gasteiger partial charge in [0.2, 0.25) is 5.91 Å². The number of alkyl halides is 3. The van der Waals surface area contributed by atoms with Gasteiger partial charge in [-0.05, 0) is 74.8 Å². The van der Waals surface area contributed by atoms with Crippen LogP contribution in [0.15, 0.2) is 10.8 Å². The largest absolute Gasteiger partial charge is 0.393 e. The number of nitrogens with zero attached hydrogens (tertiary/aromatic N) is 6. The van der Waals surface area contributed by atoms with Gasteiger partial charge >= 0.3 is 6.18 Å². The average molecular weight is 617 g/mol.